The van der Waals surface area contributed by atoms with E-state index in [1.54, 1.807) is 31.2 Å². The summed E-state index contributed by atoms with van der Waals surface area (Å²) in [7, 11) is 0. The van der Waals surface area contributed by atoms with E-state index in [0.29, 0.717) is 11.3 Å². The van der Waals surface area contributed by atoms with E-state index in [0.717, 1.165) is 12.1 Å². The van der Waals surface area contributed by atoms with Crippen molar-refractivity contribution in [1.82, 2.24) is 0 Å². The van der Waals surface area contributed by atoms with Crippen LogP contribution in [0.3, 0.4) is 0 Å². The molecule has 0 aromatic heterocycles. The highest BCUT2D eigenvalue weighted by atomic mass is 19.4. The van der Waals surface area contributed by atoms with Crippen LogP contribution in [0.2, 0.25) is 0 Å². The molecule has 0 fully saturated rings. The van der Waals surface area contributed by atoms with Crippen molar-refractivity contribution in [3.8, 4) is 17.6 Å². The average Bonchev–Trinajstić information content (AvgIpc) is 2.67. The van der Waals surface area contributed by atoms with Crippen LogP contribution in [0, 0.1) is 11.8 Å². The van der Waals surface area contributed by atoms with Gasteiger partial charge in [-0.25, -0.2) is 0 Å². The monoisotopic (exact) mass is 433 g/mol. The zero-order valence-corrected chi connectivity index (χ0v) is 17.2. The van der Waals surface area contributed by atoms with Crippen LogP contribution < -0.4 is 10.1 Å². The van der Waals surface area contributed by atoms with Gasteiger partial charge in [-0.3, -0.25) is 9.59 Å². The number of amides is 1. The van der Waals surface area contributed by atoms with Gasteiger partial charge >= 0.3 is 12.1 Å². The maximum atomic E-state index is 12.9. The van der Waals surface area contributed by atoms with E-state index in [1.807, 2.05) is 0 Å². The van der Waals surface area contributed by atoms with Crippen molar-refractivity contribution in [2.24, 2.45) is 0 Å². The number of hydrogen-bond acceptors (Lipinski definition) is 3. The van der Waals surface area contributed by atoms with Crippen LogP contribution in [0.4, 0.5) is 18.9 Å². The fraction of sp³-hybridized carbons (Fsp3) is 0.304. The Labute approximate surface area is 178 Å². The van der Waals surface area contributed by atoms with Gasteiger partial charge in [0.15, 0.2) is 5.60 Å². The Morgan fingerprint density at radius 1 is 1.13 bits per heavy atom. The Kier molecular flexibility index (Phi) is 7.34. The molecule has 0 aliphatic heterocycles. The molecule has 0 saturated heterocycles. The first-order valence-corrected chi connectivity index (χ1v) is 9.34. The third-order valence-electron chi connectivity index (χ3n) is 4.35. The lowest BCUT2D eigenvalue weighted by Crippen LogP contribution is -2.42. The molecular formula is C23H22F3NO4. The van der Waals surface area contributed by atoms with Gasteiger partial charge in [0.25, 0.3) is 5.91 Å². The Bertz CT molecular complexity index is 1000. The molecule has 0 aliphatic carbocycles. The molecule has 0 heterocycles. The summed E-state index contributed by atoms with van der Waals surface area (Å²) in [5.74, 6) is 3.45. The third-order valence-corrected chi connectivity index (χ3v) is 4.35. The van der Waals surface area contributed by atoms with Crippen LogP contribution in [0.25, 0.3) is 0 Å². The zero-order chi connectivity index (χ0) is 23.2. The molecule has 5 nitrogen and oxygen atoms in total. The standard InChI is InChI=1S/C23H22F3NO4/c1-4-6-16(13-20(28)29)15-9-11-18(12-10-15)27-21(30)22(2,3)31-19-8-5-7-17(14-19)23(24,25)26/h5,7-12,14,16H,13H2,1-3H3,(H,27,30)(H,28,29). The third kappa shape index (κ3) is 6.78. The topological polar surface area (TPSA) is 75.6 Å². The maximum Gasteiger partial charge on any atom is 0.416 e. The molecule has 2 N–H and O–H groups in total. The SMILES string of the molecule is CC#CC(CC(=O)O)c1ccc(NC(=O)C(C)(C)Oc2cccc(C(F)(F)F)c2)cc1. The van der Waals surface area contributed by atoms with Crippen LogP contribution in [0.1, 0.15) is 44.2 Å². The van der Waals surface area contributed by atoms with Crippen molar-refractivity contribution in [1.29, 1.82) is 0 Å². The molecule has 8 heteroatoms. The molecule has 0 aliphatic rings. The second kappa shape index (κ2) is 9.56. The Morgan fingerprint density at radius 3 is 2.32 bits per heavy atom. The molecule has 2 rings (SSSR count). The van der Waals surface area contributed by atoms with Crippen molar-refractivity contribution in [3.63, 3.8) is 0 Å². The van der Waals surface area contributed by atoms with Crippen LogP contribution in [0.15, 0.2) is 48.5 Å². The van der Waals surface area contributed by atoms with Crippen LogP contribution in [0.5, 0.6) is 5.75 Å². The van der Waals surface area contributed by atoms with Crippen molar-refractivity contribution < 1.29 is 32.6 Å². The van der Waals surface area contributed by atoms with Gasteiger partial charge in [-0.2, -0.15) is 13.2 Å². The lowest BCUT2D eigenvalue weighted by molar-refractivity contribution is -0.138. The summed E-state index contributed by atoms with van der Waals surface area (Å²) >= 11 is 0. The highest BCUT2D eigenvalue weighted by Crippen LogP contribution is 2.32. The minimum Gasteiger partial charge on any atom is -0.481 e. The molecule has 0 bridgehead atoms. The summed E-state index contributed by atoms with van der Waals surface area (Å²) in [6.45, 7) is 4.50. The van der Waals surface area contributed by atoms with E-state index in [9.17, 15) is 22.8 Å². The van der Waals surface area contributed by atoms with E-state index < -0.39 is 35.1 Å². The van der Waals surface area contributed by atoms with Crippen molar-refractivity contribution in [2.75, 3.05) is 5.32 Å². The number of carbonyl (C=O) groups excluding carboxylic acids is 1. The van der Waals surface area contributed by atoms with Gasteiger partial charge < -0.3 is 15.2 Å². The normalized spacial score (nSPS) is 12.3. The van der Waals surface area contributed by atoms with Crippen LogP contribution in [-0.2, 0) is 15.8 Å². The zero-order valence-electron chi connectivity index (χ0n) is 17.2. The van der Waals surface area contributed by atoms with E-state index >= 15 is 0 Å². The number of carbonyl (C=O) groups is 2. The first kappa shape index (κ1) is 23.8. The van der Waals surface area contributed by atoms with Crippen molar-refractivity contribution >= 4 is 17.6 Å². The molecule has 0 radical (unpaired) electrons. The summed E-state index contributed by atoms with van der Waals surface area (Å²) in [4.78, 5) is 23.6. The van der Waals surface area contributed by atoms with Gasteiger partial charge in [-0.15, -0.1) is 5.92 Å². The summed E-state index contributed by atoms with van der Waals surface area (Å²) in [6.07, 6.45) is -4.67. The highest BCUT2D eigenvalue weighted by Gasteiger charge is 2.33. The number of ether oxygens (including phenoxy) is 1. The van der Waals surface area contributed by atoms with Gasteiger partial charge in [0.05, 0.1) is 17.9 Å². The van der Waals surface area contributed by atoms with Crippen molar-refractivity contribution in [2.45, 2.75) is 44.9 Å². The summed E-state index contributed by atoms with van der Waals surface area (Å²) in [5, 5.41) is 11.7. The number of nitrogens with one attached hydrogen (secondary N) is 1. The van der Waals surface area contributed by atoms with Gasteiger partial charge in [-0.1, -0.05) is 24.1 Å². The van der Waals surface area contributed by atoms with Gasteiger partial charge in [0.2, 0.25) is 0 Å². The minimum absolute atomic E-state index is 0.0834. The lowest BCUT2D eigenvalue weighted by atomic mass is 9.96. The summed E-state index contributed by atoms with van der Waals surface area (Å²) in [6, 6.07) is 10.8. The molecule has 0 spiro atoms. The predicted molar refractivity (Wildman–Crippen MR) is 110 cm³/mol. The first-order valence-electron chi connectivity index (χ1n) is 9.34. The molecule has 0 saturated carbocycles. The predicted octanol–water partition coefficient (Wildman–Crippen LogP) is 5.08. The van der Waals surface area contributed by atoms with E-state index in [2.05, 4.69) is 17.2 Å². The lowest BCUT2D eigenvalue weighted by Gasteiger charge is -2.26. The number of benzene rings is 2. The molecule has 1 atom stereocenters. The summed E-state index contributed by atoms with van der Waals surface area (Å²) in [5.41, 5.74) is -1.22. The van der Waals surface area contributed by atoms with E-state index in [-0.39, 0.29) is 12.2 Å². The Hall–Kier alpha value is -3.47. The molecule has 1 unspecified atom stereocenters. The summed E-state index contributed by atoms with van der Waals surface area (Å²) < 4.78 is 44.1. The van der Waals surface area contributed by atoms with Gasteiger partial charge in [0.1, 0.15) is 5.75 Å². The maximum absolute atomic E-state index is 12.9. The Morgan fingerprint density at radius 2 is 1.77 bits per heavy atom. The fourth-order valence-corrected chi connectivity index (χ4v) is 2.76. The molecule has 31 heavy (non-hydrogen) atoms. The second-order valence-electron chi connectivity index (χ2n) is 7.26. The van der Waals surface area contributed by atoms with Crippen LogP contribution in [-0.4, -0.2) is 22.6 Å². The molecule has 164 valence electrons. The minimum atomic E-state index is -4.52. The molecular weight excluding hydrogens is 411 g/mol. The molecule has 2 aromatic carbocycles. The number of anilines is 1. The van der Waals surface area contributed by atoms with Crippen LogP contribution >= 0.6 is 0 Å². The van der Waals surface area contributed by atoms with E-state index in [4.69, 9.17) is 9.84 Å². The van der Waals surface area contributed by atoms with Gasteiger partial charge in [0, 0.05) is 5.69 Å². The second-order valence-corrected chi connectivity index (χ2v) is 7.26. The quantitative estimate of drug-likeness (QED) is 0.597. The highest BCUT2D eigenvalue weighted by molar-refractivity contribution is 5.97. The van der Waals surface area contributed by atoms with Crippen molar-refractivity contribution in [3.05, 3.63) is 59.7 Å². The number of carboxylic acids is 1. The number of alkyl halides is 3. The average molecular weight is 433 g/mol. The largest absolute Gasteiger partial charge is 0.481 e. The number of carboxylic acid groups (broad SMARTS) is 1. The number of aliphatic carboxylic acids is 1. The molecule has 1 amide bonds. The van der Waals surface area contributed by atoms with Gasteiger partial charge in [-0.05, 0) is 56.7 Å². The first-order chi connectivity index (χ1) is 14.4. The van der Waals surface area contributed by atoms with E-state index in [1.165, 1.54) is 26.0 Å². The molecule has 2 aromatic rings. The smallest absolute Gasteiger partial charge is 0.416 e. The Balaban J connectivity index is 2.11. The number of rotatable bonds is 7. The fourth-order valence-electron chi connectivity index (χ4n) is 2.76. The number of hydrogen-bond donors (Lipinski definition) is 2. The number of halogens is 3.